The number of aryl methyl sites for hydroxylation is 1. The summed E-state index contributed by atoms with van der Waals surface area (Å²) < 4.78 is 10.7. The van der Waals surface area contributed by atoms with Gasteiger partial charge in [0.1, 0.15) is 11.5 Å². The Morgan fingerprint density at radius 3 is 2.38 bits per heavy atom. The van der Waals surface area contributed by atoms with Crippen molar-refractivity contribution in [2.45, 2.75) is 20.0 Å². The molecule has 0 spiro atoms. The van der Waals surface area contributed by atoms with Crippen molar-refractivity contribution < 1.29 is 19.1 Å². The summed E-state index contributed by atoms with van der Waals surface area (Å²) >= 11 is 0. The Kier molecular flexibility index (Phi) is 8.65. The van der Waals surface area contributed by atoms with E-state index in [0.29, 0.717) is 35.8 Å². The molecule has 0 saturated heterocycles. The molecule has 0 aromatic heterocycles. The van der Waals surface area contributed by atoms with Crippen LogP contribution in [0.4, 0.5) is 5.69 Å². The molecule has 3 aromatic carbocycles. The summed E-state index contributed by atoms with van der Waals surface area (Å²) in [5.74, 6) is 0.946. The molecule has 0 unspecified atom stereocenters. The van der Waals surface area contributed by atoms with Gasteiger partial charge in [0, 0.05) is 24.7 Å². The van der Waals surface area contributed by atoms with E-state index in [-0.39, 0.29) is 18.4 Å². The summed E-state index contributed by atoms with van der Waals surface area (Å²) in [7, 11) is 5.06. The summed E-state index contributed by atoms with van der Waals surface area (Å²) in [6.45, 7) is 3.09. The number of hydrogen-bond donors (Lipinski definition) is 2. The molecule has 0 bridgehead atoms. The molecule has 0 fully saturated rings. The lowest BCUT2D eigenvalue weighted by atomic mass is 10.1. The molecule has 2 amide bonds. The van der Waals surface area contributed by atoms with E-state index in [1.54, 1.807) is 38.5 Å². The first-order valence-electron chi connectivity index (χ1n) is 11.0. The number of anilines is 1. The molecule has 3 rings (SSSR count). The predicted molar refractivity (Wildman–Crippen MR) is 133 cm³/mol. The highest BCUT2D eigenvalue weighted by atomic mass is 16.5. The van der Waals surface area contributed by atoms with Crippen LogP contribution in [0, 0.1) is 6.92 Å². The molecule has 0 heterocycles. The zero-order valence-electron chi connectivity index (χ0n) is 20.1. The van der Waals surface area contributed by atoms with Crippen LogP contribution in [0.1, 0.15) is 27.0 Å². The normalized spacial score (nSPS) is 10.6. The van der Waals surface area contributed by atoms with Crippen LogP contribution in [-0.2, 0) is 17.9 Å². The maximum atomic E-state index is 12.8. The van der Waals surface area contributed by atoms with E-state index in [2.05, 4.69) is 10.6 Å². The van der Waals surface area contributed by atoms with Gasteiger partial charge in [-0.1, -0.05) is 48.0 Å². The van der Waals surface area contributed by atoms with E-state index < -0.39 is 0 Å². The summed E-state index contributed by atoms with van der Waals surface area (Å²) in [6, 6.07) is 20.6. The second kappa shape index (κ2) is 11.9. The Bertz CT molecular complexity index is 1130. The lowest BCUT2D eigenvalue weighted by Crippen LogP contribution is -2.31. The Labute approximate surface area is 200 Å². The van der Waals surface area contributed by atoms with Gasteiger partial charge in [-0.2, -0.15) is 0 Å². The standard InChI is InChI=1S/C27H31N3O4/c1-19-9-11-20(12-10-19)16-28-27(32)23-7-5-6-8-24(23)29-26(31)18-30(2)17-21-13-14-22(33-3)15-25(21)34-4/h5-15H,16-18H2,1-4H3,(H,28,32)(H,29,31). The highest BCUT2D eigenvalue weighted by molar-refractivity contribution is 6.04. The quantitative estimate of drug-likeness (QED) is 0.477. The summed E-state index contributed by atoms with van der Waals surface area (Å²) in [5, 5.41) is 5.79. The fourth-order valence-corrected chi connectivity index (χ4v) is 3.54. The average molecular weight is 462 g/mol. The lowest BCUT2D eigenvalue weighted by Gasteiger charge is -2.19. The Hall–Kier alpha value is -3.84. The number of ether oxygens (including phenoxy) is 2. The molecule has 0 aliphatic rings. The number of rotatable bonds is 10. The first-order chi connectivity index (χ1) is 16.4. The van der Waals surface area contributed by atoms with Crippen LogP contribution in [-0.4, -0.2) is 44.5 Å². The van der Waals surface area contributed by atoms with Gasteiger partial charge in [-0.05, 0) is 37.7 Å². The van der Waals surface area contributed by atoms with Gasteiger partial charge in [-0.3, -0.25) is 14.5 Å². The van der Waals surface area contributed by atoms with Crippen LogP contribution in [0.15, 0.2) is 66.7 Å². The summed E-state index contributed by atoms with van der Waals surface area (Å²) in [4.78, 5) is 27.4. The van der Waals surface area contributed by atoms with Crippen LogP contribution in [0.2, 0.25) is 0 Å². The van der Waals surface area contributed by atoms with Gasteiger partial charge in [-0.15, -0.1) is 0 Å². The van der Waals surface area contributed by atoms with E-state index in [1.165, 1.54) is 5.56 Å². The minimum Gasteiger partial charge on any atom is -0.497 e. The van der Waals surface area contributed by atoms with Gasteiger partial charge in [0.25, 0.3) is 5.91 Å². The molecular weight excluding hydrogens is 430 g/mol. The minimum atomic E-state index is -0.243. The fourth-order valence-electron chi connectivity index (χ4n) is 3.54. The Morgan fingerprint density at radius 1 is 0.941 bits per heavy atom. The number of hydrogen-bond acceptors (Lipinski definition) is 5. The third kappa shape index (κ3) is 6.83. The minimum absolute atomic E-state index is 0.147. The summed E-state index contributed by atoms with van der Waals surface area (Å²) in [6.07, 6.45) is 0. The number of carbonyl (C=O) groups is 2. The SMILES string of the molecule is COc1ccc(CN(C)CC(=O)Nc2ccccc2C(=O)NCc2ccc(C)cc2)c(OC)c1. The number of methoxy groups -OCH3 is 2. The van der Waals surface area contributed by atoms with Crippen molar-refractivity contribution in [2.75, 3.05) is 33.1 Å². The fraction of sp³-hybridized carbons (Fsp3) is 0.259. The summed E-state index contributed by atoms with van der Waals surface area (Å²) in [5.41, 5.74) is 4.01. The topological polar surface area (TPSA) is 79.9 Å². The predicted octanol–water partition coefficient (Wildman–Crippen LogP) is 4.01. The number of amides is 2. The molecule has 7 nitrogen and oxygen atoms in total. The first-order valence-corrected chi connectivity index (χ1v) is 11.0. The van der Waals surface area contributed by atoms with E-state index in [0.717, 1.165) is 11.1 Å². The maximum Gasteiger partial charge on any atom is 0.253 e. The molecule has 0 atom stereocenters. The van der Waals surface area contributed by atoms with Crippen molar-refractivity contribution >= 4 is 17.5 Å². The van der Waals surface area contributed by atoms with Gasteiger partial charge in [-0.25, -0.2) is 0 Å². The number of carbonyl (C=O) groups excluding carboxylic acids is 2. The molecule has 34 heavy (non-hydrogen) atoms. The molecule has 3 aromatic rings. The van der Waals surface area contributed by atoms with Crippen molar-refractivity contribution in [3.05, 3.63) is 89.0 Å². The van der Waals surface area contributed by atoms with Crippen molar-refractivity contribution in [1.82, 2.24) is 10.2 Å². The molecule has 0 aliphatic heterocycles. The smallest absolute Gasteiger partial charge is 0.253 e. The maximum absolute atomic E-state index is 12.8. The van der Waals surface area contributed by atoms with Gasteiger partial charge < -0.3 is 20.1 Å². The van der Waals surface area contributed by atoms with Crippen molar-refractivity contribution in [3.8, 4) is 11.5 Å². The van der Waals surface area contributed by atoms with E-state index in [1.807, 2.05) is 61.3 Å². The highest BCUT2D eigenvalue weighted by Gasteiger charge is 2.15. The molecule has 0 aliphatic carbocycles. The van der Waals surface area contributed by atoms with E-state index >= 15 is 0 Å². The zero-order chi connectivity index (χ0) is 24.5. The third-order valence-corrected chi connectivity index (χ3v) is 5.37. The number of likely N-dealkylation sites (N-methyl/N-ethyl adjacent to an activating group) is 1. The third-order valence-electron chi connectivity index (χ3n) is 5.37. The molecule has 0 radical (unpaired) electrons. The number of nitrogens with zero attached hydrogens (tertiary/aromatic N) is 1. The average Bonchev–Trinajstić information content (AvgIpc) is 2.84. The van der Waals surface area contributed by atoms with Crippen LogP contribution < -0.4 is 20.1 Å². The molecular formula is C27H31N3O4. The van der Waals surface area contributed by atoms with Gasteiger partial charge in [0.2, 0.25) is 5.91 Å². The van der Waals surface area contributed by atoms with Crippen molar-refractivity contribution in [3.63, 3.8) is 0 Å². The molecule has 178 valence electrons. The van der Waals surface area contributed by atoms with Crippen LogP contribution in [0.5, 0.6) is 11.5 Å². The highest BCUT2D eigenvalue weighted by Crippen LogP contribution is 2.25. The van der Waals surface area contributed by atoms with Crippen molar-refractivity contribution in [2.24, 2.45) is 0 Å². The molecule has 2 N–H and O–H groups in total. The van der Waals surface area contributed by atoms with Crippen LogP contribution in [0.25, 0.3) is 0 Å². The lowest BCUT2D eigenvalue weighted by molar-refractivity contribution is -0.117. The van der Waals surface area contributed by atoms with Gasteiger partial charge in [0.15, 0.2) is 0 Å². The Morgan fingerprint density at radius 2 is 1.68 bits per heavy atom. The zero-order valence-corrected chi connectivity index (χ0v) is 20.1. The van der Waals surface area contributed by atoms with Crippen LogP contribution in [0.3, 0.4) is 0 Å². The number of para-hydroxylation sites is 1. The van der Waals surface area contributed by atoms with E-state index in [9.17, 15) is 9.59 Å². The second-order valence-electron chi connectivity index (χ2n) is 8.11. The second-order valence-corrected chi connectivity index (χ2v) is 8.11. The largest absolute Gasteiger partial charge is 0.497 e. The molecule has 7 heteroatoms. The van der Waals surface area contributed by atoms with Gasteiger partial charge in [0.05, 0.1) is 32.0 Å². The Balaban J connectivity index is 1.59. The van der Waals surface area contributed by atoms with Gasteiger partial charge >= 0.3 is 0 Å². The number of nitrogens with one attached hydrogen (secondary N) is 2. The monoisotopic (exact) mass is 461 g/mol. The van der Waals surface area contributed by atoms with Crippen molar-refractivity contribution in [1.29, 1.82) is 0 Å². The first kappa shape index (κ1) is 24.8. The van der Waals surface area contributed by atoms with Crippen LogP contribution >= 0.6 is 0 Å². The molecule has 0 saturated carbocycles. The number of benzene rings is 3. The van der Waals surface area contributed by atoms with E-state index in [4.69, 9.17) is 9.47 Å².